The average Bonchev–Trinajstić information content (AvgIpc) is 3.02. The number of fused-ring (bicyclic) bond motifs is 1. The van der Waals surface area contributed by atoms with Gasteiger partial charge in [0.25, 0.3) is 0 Å². The molecule has 3 nitrogen and oxygen atoms in total. The van der Waals surface area contributed by atoms with E-state index in [-0.39, 0.29) is 0 Å². The number of likely N-dealkylation sites (tertiary alicyclic amines) is 1. The fourth-order valence-corrected chi connectivity index (χ4v) is 4.42. The summed E-state index contributed by atoms with van der Waals surface area (Å²) >= 11 is 3.68. The highest BCUT2D eigenvalue weighted by Gasteiger charge is 2.23. The Morgan fingerprint density at radius 2 is 2.00 bits per heavy atom. The van der Waals surface area contributed by atoms with Crippen LogP contribution in [0.25, 0.3) is 10.8 Å². The standard InChI is InChI=1S/C20H22BrN3/c1-23-14-22-11-20(23)16-6-4-10-24(13-16)12-15-5-2-8-18-17(15)7-3-9-19(18)21/h2-3,5,7-9,11,14,16H,4,6,10,12-13H2,1H3. The number of nitrogens with zero attached hydrogens (tertiary/aromatic N) is 3. The molecule has 2 aromatic carbocycles. The number of halogens is 1. The van der Waals surface area contributed by atoms with Crippen LogP contribution in [-0.4, -0.2) is 27.5 Å². The van der Waals surface area contributed by atoms with Crippen molar-refractivity contribution in [2.75, 3.05) is 13.1 Å². The molecule has 2 heterocycles. The molecule has 0 N–H and O–H groups in total. The van der Waals surface area contributed by atoms with Crippen molar-refractivity contribution in [3.05, 3.63) is 64.7 Å². The molecule has 1 aliphatic rings. The molecule has 0 saturated carbocycles. The minimum Gasteiger partial charge on any atom is -0.337 e. The van der Waals surface area contributed by atoms with E-state index in [4.69, 9.17) is 0 Å². The maximum absolute atomic E-state index is 4.30. The van der Waals surface area contributed by atoms with Crippen molar-refractivity contribution in [1.82, 2.24) is 14.5 Å². The number of hydrogen-bond donors (Lipinski definition) is 0. The second-order valence-electron chi connectivity index (χ2n) is 6.76. The number of aryl methyl sites for hydroxylation is 1. The van der Waals surface area contributed by atoms with Crippen LogP contribution in [0, 0.1) is 0 Å². The number of imidazole rings is 1. The highest BCUT2D eigenvalue weighted by Crippen LogP contribution is 2.30. The molecule has 124 valence electrons. The van der Waals surface area contributed by atoms with Crippen molar-refractivity contribution < 1.29 is 0 Å². The minimum atomic E-state index is 0.591. The third-order valence-electron chi connectivity index (χ3n) is 5.13. The second kappa shape index (κ2) is 6.69. The van der Waals surface area contributed by atoms with Gasteiger partial charge in [-0.3, -0.25) is 4.90 Å². The highest BCUT2D eigenvalue weighted by atomic mass is 79.9. The maximum Gasteiger partial charge on any atom is 0.0945 e. The van der Waals surface area contributed by atoms with Crippen LogP contribution in [0.2, 0.25) is 0 Å². The number of piperidine rings is 1. The second-order valence-corrected chi connectivity index (χ2v) is 7.61. The molecule has 1 fully saturated rings. The number of benzene rings is 2. The van der Waals surface area contributed by atoms with Gasteiger partial charge in [0.15, 0.2) is 0 Å². The normalized spacial score (nSPS) is 19.0. The zero-order valence-corrected chi connectivity index (χ0v) is 15.5. The molecule has 0 spiro atoms. The van der Waals surface area contributed by atoms with E-state index in [0.29, 0.717) is 5.92 Å². The Labute approximate surface area is 151 Å². The van der Waals surface area contributed by atoms with E-state index in [1.54, 1.807) is 0 Å². The van der Waals surface area contributed by atoms with Gasteiger partial charge in [-0.1, -0.05) is 46.3 Å². The van der Waals surface area contributed by atoms with Crippen molar-refractivity contribution in [1.29, 1.82) is 0 Å². The van der Waals surface area contributed by atoms with Gasteiger partial charge in [0.05, 0.1) is 6.33 Å². The van der Waals surface area contributed by atoms with Gasteiger partial charge >= 0.3 is 0 Å². The Balaban J connectivity index is 1.57. The van der Waals surface area contributed by atoms with Gasteiger partial charge in [-0.05, 0) is 41.8 Å². The lowest BCUT2D eigenvalue weighted by atomic mass is 9.94. The molecule has 1 saturated heterocycles. The van der Waals surface area contributed by atoms with E-state index in [1.165, 1.54) is 45.9 Å². The summed E-state index contributed by atoms with van der Waals surface area (Å²) < 4.78 is 3.34. The summed E-state index contributed by atoms with van der Waals surface area (Å²) in [4.78, 5) is 6.89. The van der Waals surface area contributed by atoms with Gasteiger partial charge in [-0.2, -0.15) is 0 Å². The third kappa shape index (κ3) is 3.01. The summed E-state index contributed by atoms with van der Waals surface area (Å²) in [5, 5.41) is 2.66. The summed E-state index contributed by atoms with van der Waals surface area (Å²) in [6.45, 7) is 3.31. The minimum absolute atomic E-state index is 0.591. The van der Waals surface area contributed by atoms with E-state index in [9.17, 15) is 0 Å². The predicted octanol–water partition coefficient (Wildman–Crippen LogP) is 4.72. The van der Waals surface area contributed by atoms with Gasteiger partial charge in [-0.15, -0.1) is 0 Å². The molecule has 4 heteroatoms. The number of aromatic nitrogens is 2. The van der Waals surface area contributed by atoms with Crippen LogP contribution in [0.15, 0.2) is 53.4 Å². The highest BCUT2D eigenvalue weighted by molar-refractivity contribution is 9.10. The summed E-state index contributed by atoms with van der Waals surface area (Å²) in [5.74, 6) is 0.591. The smallest absolute Gasteiger partial charge is 0.0945 e. The lowest BCUT2D eigenvalue weighted by Crippen LogP contribution is -2.34. The largest absolute Gasteiger partial charge is 0.337 e. The van der Waals surface area contributed by atoms with Crippen molar-refractivity contribution >= 4 is 26.7 Å². The van der Waals surface area contributed by atoms with Crippen molar-refractivity contribution in [2.24, 2.45) is 7.05 Å². The van der Waals surface area contributed by atoms with Crippen LogP contribution in [0.1, 0.15) is 30.0 Å². The van der Waals surface area contributed by atoms with E-state index >= 15 is 0 Å². The van der Waals surface area contributed by atoms with Crippen molar-refractivity contribution in [3.63, 3.8) is 0 Å². The molecule has 0 aliphatic carbocycles. The first-order valence-electron chi connectivity index (χ1n) is 8.57. The molecule has 0 radical (unpaired) electrons. The van der Waals surface area contributed by atoms with E-state index in [2.05, 4.69) is 73.8 Å². The lowest BCUT2D eigenvalue weighted by molar-refractivity contribution is 0.198. The fraction of sp³-hybridized carbons (Fsp3) is 0.350. The zero-order valence-electron chi connectivity index (χ0n) is 14.0. The Morgan fingerprint density at radius 1 is 1.17 bits per heavy atom. The fourth-order valence-electron chi connectivity index (χ4n) is 3.92. The molecule has 0 amide bonds. The SMILES string of the molecule is Cn1cncc1C1CCCN(Cc2cccc3c(Br)cccc23)C1. The van der Waals surface area contributed by atoms with Crippen LogP contribution in [0.5, 0.6) is 0 Å². The van der Waals surface area contributed by atoms with Crippen LogP contribution < -0.4 is 0 Å². The molecule has 1 aliphatic heterocycles. The van der Waals surface area contributed by atoms with Crippen LogP contribution in [0.4, 0.5) is 0 Å². The van der Waals surface area contributed by atoms with Crippen molar-refractivity contribution in [3.8, 4) is 0 Å². The number of hydrogen-bond acceptors (Lipinski definition) is 2. The summed E-state index contributed by atoms with van der Waals surface area (Å²) in [6.07, 6.45) is 6.46. The van der Waals surface area contributed by atoms with E-state index in [0.717, 1.165) is 13.1 Å². The third-order valence-corrected chi connectivity index (χ3v) is 5.82. The van der Waals surface area contributed by atoms with E-state index < -0.39 is 0 Å². The molecule has 4 rings (SSSR count). The molecular formula is C20H22BrN3. The van der Waals surface area contributed by atoms with Gasteiger partial charge < -0.3 is 4.57 Å². The Bertz CT molecular complexity index is 855. The zero-order chi connectivity index (χ0) is 16.5. The molecule has 1 atom stereocenters. The first-order valence-corrected chi connectivity index (χ1v) is 9.36. The van der Waals surface area contributed by atoms with Crippen LogP contribution >= 0.6 is 15.9 Å². The molecule has 1 aromatic heterocycles. The predicted molar refractivity (Wildman–Crippen MR) is 102 cm³/mol. The molecule has 24 heavy (non-hydrogen) atoms. The Kier molecular flexibility index (Phi) is 4.42. The summed E-state index contributed by atoms with van der Waals surface area (Å²) in [7, 11) is 2.10. The first-order chi connectivity index (χ1) is 11.7. The summed E-state index contributed by atoms with van der Waals surface area (Å²) in [5.41, 5.74) is 2.78. The summed E-state index contributed by atoms with van der Waals surface area (Å²) in [6, 6.07) is 13.1. The molecular weight excluding hydrogens is 362 g/mol. The quantitative estimate of drug-likeness (QED) is 0.652. The van der Waals surface area contributed by atoms with Crippen molar-refractivity contribution in [2.45, 2.75) is 25.3 Å². The van der Waals surface area contributed by atoms with Gasteiger partial charge in [0, 0.05) is 42.4 Å². The molecule has 3 aromatic rings. The monoisotopic (exact) mass is 383 g/mol. The van der Waals surface area contributed by atoms with Gasteiger partial charge in [-0.25, -0.2) is 4.98 Å². The topological polar surface area (TPSA) is 21.1 Å². The van der Waals surface area contributed by atoms with Crippen LogP contribution in [-0.2, 0) is 13.6 Å². The van der Waals surface area contributed by atoms with Crippen LogP contribution in [0.3, 0.4) is 0 Å². The van der Waals surface area contributed by atoms with Gasteiger partial charge in [0.2, 0.25) is 0 Å². The lowest BCUT2D eigenvalue weighted by Gasteiger charge is -2.33. The Morgan fingerprint density at radius 3 is 2.83 bits per heavy atom. The first kappa shape index (κ1) is 15.9. The van der Waals surface area contributed by atoms with E-state index in [1.807, 2.05) is 12.5 Å². The molecule has 1 unspecified atom stereocenters. The maximum atomic E-state index is 4.30. The Hall–Kier alpha value is -1.65. The van der Waals surface area contributed by atoms with Gasteiger partial charge in [0.1, 0.15) is 0 Å². The average molecular weight is 384 g/mol. The number of rotatable bonds is 3. The molecule has 0 bridgehead atoms.